The number of rotatable bonds is 4. The molecular weight excluding hydrogens is 262 g/mol. The van der Waals surface area contributed by atoms with E-state index in [1.807, 2.05) is 0 Å². The SMILES string of the molecule is CC(CN)C(=O)N[C@H](C)c1ccc(F)cc1F.Cl. The average molecular weight is 279 g/mol. The molecule has 0 aliphatic heterocycles. The molecule has 0 aliphatic rings. The second kappa shape index (κ2) is 7.28. The first-order valence-electron chi connectivity index (χ1n) is 5.41. The molecule has 0 aliphatic carbocycles. The van der Waals surface area contributed by atoms with Crippen molar-refractivity contribution in [2.24, 2.45) is 11.7 Å². The van der Waals surface area contributed by atoms with Crippen LogP contribution < -0.4 is 11.1 Å². The number of carbonyl (C=O) groups excluding carboxylic acids is 1. The van der Waals surface area contributed by atoms with Crippen LogP contribution in [0.3, 0.4) is 0 Å². The minimum atomic E-state index is -0.668. The zero-order valence-corrected chi connectivity index (χ0v) is 11.1. The van der Waals surface area contributed by atoms with E-state index in [1.165, 1.54) is 6.07 Å². The molecule has 2 atom stereocenters. The molecule has 1 aromatic rings. The molecule has 3 nitrogen and oxygen atoms in total. The molecule has 0 bridgehead atoms. The summed E-state index contributed by atoms with van der Waals surface area (Å²) in [7, 11) is 0. The summed E-state index contributed by atoms with van der Waals surface area (Å²) >= 11 is 0. The van der Waals surface area contributed by atoms with E-state index in [4.69, 9.17) is 5.73 Å². The van der Waals surface area contributed by atoms with E-state index >= 15 is 0 Å². The number of benzene rings is 1. The van der Waals surface area contributed by atoms with Crippen LogP contribution in [0.2, 0.25) is 0 Å². The van der Waals surface area contributed by atoms with Crippen molar-refractivity contribution < 1.29 is 13.6 Å². The lowest BCUT2D eigenvalue weighted by molar-refractivity contribution is -0.124. The van der Waals surface area contributed by atoms with Gasteiger partial charge in [-0.2, -0.15) is 0 Å². The molecule has 1 amide bonds. The van der Waals surface area contributed by atoms with E-state index in [-0.39, 0.29) is 36.3 Å². The highest BCUT2D eigenvalue weighted by Crippen LogP contribution is 2.17. The molecule has 0 heterocycles. The van der Waals surface area contributed by atoms with Crippen LogP contribution in [0.5, 0.6) is 0 Å². The summed E-state index contributed by atoms with van der Waals surface area (Å²) in [6.45, 7) is 3.55. The van der Waals surface area contributed by atoms with Crippen molar-refractivity contribution in [2.75, 3.05) is 6.54 Å². The lowest BCUT2D eigenvalue weighted by Crippen LogP contribution is -2.35. The third-order valence-corrected chi connectivity index (χ3v) is 2.59. The van der Waals surface area contributed by atoms with Crippen LogP contribution in [0.1, 0.15) is 25.5 Å². The van der Waals surface area contributed by atoms with Crippen molar-refractivity contribution in [1.29, 1.82) is 0 Å². The predicted molar refractivity (Wildman–Crippen MR) is 68.4 cm³/mol. The van der Waals surface area contributed by atoms with Gasteiger partial charge in [-0.25, -0.2) is 8.78 Å². The summed E-state index contributed by atoms with van der Waals surface area (Å²) in [5.74, 6) is -1.89. The Morgan fingerprint density at radius 1 is 1.39 bits per heavy atom. The predicted octanol–water partition coefficient (Wildman–Crippen LogP) is 2.16. The van der Waals surface area contributed by atoms with Gasteiger partial charge in [0.2, 0.25) is 5.91 Å². The van der Waals surface area contributed by atoms with Gasteiger partial charge in [0.05, 0.1) is 6.04 Å². The number of amides is 1. The summed E-state index contributed by atoms with van der Waals surface area (Å²) < 4.78 is 26.1. The Morgan fingerprint density at radius 2 is 2.00 bits per heavy atom. The number of nitrogens with two attached hydrogens (primary N) is 1. The zero-order valence-electron chi connectivity index (χ0n) is 10.2. The molecule has 1 unspecified atom stereocenters. The maximum absolute atomic E-state index is 13.4. The Hall–Kier alpha value is -1.20. The molecule has 0 aromatic heterocycles. The lowest BCUT2D eigenvalue weighted by atomic mass is 10.1. The van der Waals surface area contributed by atoms with Crippen molar-refractivity contribution in [3.63, 3.8) is 0 Å². The fraction of sp³-hybridized carbons (Fsp3) is 0.417. The average Bonchev–Trinajstić information content (AvgIpc) is 2.27. The maximum Gasteiger partial charge on any atom is 0.224 e. The Labute approximate surface area is 111 Å². The number of halogens is 3. The van der Waals surface area contributed by atoms with Gasteiger partial charge in [-0.15, -0.1) is 12.4 Å². The van der Waals surface area contributed by atoms with Gasteiger partial charge in [-0.1, -0.05) is 13.0 Å². The lowest BCUT2D eigenvalue weighted by Gasteiger charge is -2.17. The van der Waals surface area contributed by atoms with E-state index < -0.39 is 17.7 Å². The van der Waals surface area contributed by atoms with Crippen LogP contribution in [-0.2, 0) is 4.79 Å². The largest absolute Gasteiger partial charge is 0.349 e. The number of carbonyl (C=O) groups is 1. The Bertz CT molecular complexity index is 415. The first kappa shape index (κ1) is 16.8. The fourth-order valence-corrected chi connectivity index (χ4v) is 1.39. The van der Waals surface area contributed by atoms with Crippen LogP contribution >= 0.6 is 12.4 Å². The van der Waals surface area contributed by atoms with Crippen LogP contribution in [0.25, 0.3) is 0 Å². The van der Waals surface area contributed by atoms with Crippen molar-refractivity contribution in [3.05, 3.63) is 35.4 Å². The van der Waals surface area contributed by atoms with Gasteiger partial charge >= 0.3 is 0 Å². The van der Waals surface area contributed by atoms with Gasteiger partial charge in [-0.05, 0) is 13.0 Å². The Morgan fingerprint density at radius 3 is 2.50 bits per heavy atom. The van der Waals surface area contributed by atoms with Gasteiger partial charge in [0, 0.05) is 24.1 Å². The minimum Gasteiger partial charge on any atom is -0.349 e. The summed E-state index contributed by atoms with van der Waals surface area (Å²) in [5, 5.41) is 2.63. The monoisotopic (exact) mass is 278 g/mol. The molecule has 102 valence electrons. The van der Waals surface area contributed by atoms with E-state index in [9.17, 15) is 13.6 Å². The minimum absolute atomic E-state index is 0. The van der Waals surface area contributed by atoms with Crippen molar-refractivity contribution in [3.8, 4) is 0 Å². The summed E-state index contributed by atoms with van der Waals surface area (Å²) in [4.78, 5) is 11.5. The summed E-state index contributed by atoms with van der Waals surface area (Å²) in [6, 6.07) is 2.76. The molecule has 0 spiro atoms. The highest BCUT2D eigenvalue weighted by molar-refractivity contribution is 5.85. The molecular formula is C12H17ClF2N2O. The normalized spacial score (nSPS) is 13.4. The fourth-order valence-electron chi connectivity index (χ4n) is 1.39. The zero-order chi connectivity index (χ0) is 13.0. The first-order valence-corrected chi connectivity index (χ1v) is 5.41. The highest BCUT2D eigenvalue weighted by Gasteiger charge is 2.17. The molecule has 0 saturated heterocycles. The van der Waals surface area contributed by atoms with Crippen LogP contribution in [0, 0.1) is 17.6 Å². The molecule has 1 aromatic carbocycles. The smallest absolute Gasteiger partial charge is 0.224 e. The first-order chi connectivity index (χ1) is 7.95. The molecule has 18 heavy (non-hydrogen) atoms. The number of hydrogen-bond acceptors (Lipinski definition) is 2. The molecule has 0 radical (unpaired) electrons. The third-order valence-electron chi connectivity index (χ3n) is 2.59. The van der Waals surface area contributed by atoms with Crippen LogP contribution in [-0.4, -0.2) is 12.5 Å². The third kappa shape index (κ3) is 4.23. The van der Waals surface area contributed by atoms with Crippen molar-refractivity contribution >= 4 is 18.3 Å². The molecule has 1 rings (SSSR count). The molecule has 0 saturated carbocycles. The Kier molecular flexibility index (Phi) is 6.80. The van der Waals surface area contributed by atoms with Gasteiger partial charge in [0.1, 0.15) is 11.6 Å². The molecule has 0 fully saturated rings. The quantitative estimate of drug-likeness (QED) is 0.887. The van der Waals surface area contributed by atoms with Gasteiger partial charge in [0.15, 0.2) is 0 Å². The topological polar surface area (TPSA) is 55.1 Å². The summed E-state index contributed by atoms with van der Waals surface area (Å²) in [5.41, 5.74) is 5.61. The van der Waals surface area contributed by atoms with Gasteiger partial charge in [0.25, 0.3) is 0 Å². The highest BCUT2D eigenvalue weighted by atomic mass is 35.5. The van der Waals surface area contributed by atoms with Crippen LogP contribution in [0.4, 0.5) is 8.78 Å². The molecule has 3 N–H and O–H groups in total. The Balaban J connectivity index is 0.00000289. The standard InChI is InChI=1S/C12H16F2N2O.ClH/c1-7(6-15)12(17)16-8(2)10-4-3-9(13)5-11(10)14;/h3-5,7-8H,6,15H2,1-2H3,(H,16,17);1H/t7?,8-;/m1./s1. The second-order valence-corrected chi connectivity index (χ2v) is 4.03. The maximum atomic E-state index is 13.4. The summed E-state index contributed by atoms with van der Waals surface area (Å²) in [6.07, 6.45) is 0. The second-order valence-electron chi connectivity index (χ2n) is 4.03. The molecule has 6 heteroatoms. The van der Waals surface area contributed by atoms with E-state index in [0.717, 1.165) is 12.1 Å². The van der Waals surface area contributed by atoms with Crippen LogP contribution in [0.15, 0.2) is 18.2 Å². The van der Waals surface area contributed by atoms with E-state index in [0.29, 0.717) is 0 Å². The van der Waals surface area contributed by atoms with E-state index in [2.05, 4.69) is 5.32 Å². The van der Waals surface area contributed by atoms with Gasteiger partial charge in [-0.3, -0.25) is 4.79 Å². The van der Waals surface area contributed by atoms with Gasteiger partial charge < -0.3 is 11.1 Å². The van der Waals surface area contributed by atoms with E-state index in [1.54, 1.807) is 13.8 Å². The van der Waals surface area contributed by atoms with Crippen molar-refractivity contribution in [2.45, 2.75) is 19.9 Å². The number of nitrogens with one attached hydrogen (secondary N) is 1. The number of hydrogen-bond donors (Lipinski definition) is 2. The van der Waals surface area contributed by atoms with Crippen molar-refractivity contribution in [1.82, 2.24) is 5.32 Å².